The molecule has 10 heteroatoms. The molecule has 1 fully saturated rings. The molecule has 2 heterocycles. The lowest BCUT2D eigenvalue weighted by atomic mass is 10.1. The first kappa shape index (κ1) is 18.1. The number of nitrogens with zero attached hydrogens (tertiary/aromatic N) is 1. The van der Waals surface area contributed by atoms with E-state index in [0.717, 1.165) is 38.1 Å². The molecule has 0 amide bonds. The molecule has 140 valence electrons. The summed E-state index contributed by atoms with van der Waals surface area (Å²) in [6, 6.07) is 3.52. The Labute approximate surface area is 143 Å². The van der Waals surface area contributed by atoms with E-state index in [1.807, 2.05) is 0 Å². The molecule has 0 N–H and O–H groups in total. The van der Waals surface area contributed by atoms with Crippen LogP contribution in [0.25, 0.3) is 0 Å². The molecular weight excluding hydrogens is 363 g/mol. The van der Waals surface area contributed by atoms with E-state index in [1.54, 1.807) is 0 Å². The summed E-state index contributed by atoms with van der Waals surface area (Å²) in [6.07, 6.45) is 3.17. The van der Waals surface area contributed by atoms with Gasteiger partial charge in [-0.2, -0.15) is 21.6 Å². The number of halogens is 3. The highest BCUT2D eigenvalue weighted by Crippen LogP contribution is 2.37. The molecule has 25 heavy (non-hydrogen) atoms. The van der Waals surface area contributed by atoms with Crippen LogP contribution < -0.4 is 13.7 Å². The normalized spacial score (nSPS) is 21.8. The molecule has 1 aromatic carbocycles. The van der Waals surface area contributed by atoms with Crippen molar-refractivity contribution in [3.05, 3.63) is 18.2 Å². The van der Waals surface area contributed by atoms with E-state index in [4.69, 9.17) is 9.47 Å². The first-order valence-electron chi connectivity index (χ1n) is 7.91. The minimum absolute atomic E-state index is 0.170. The van der Waals surface area contributed by atoms with Crippen molar-refractivity contribution in [2.75, 3.05) is 26.2 Å². The minimum atomic E-state index is -5.72. The number of fused-ring (bicyclic) bond motifs is 1. The fourth-order valence-electron chi connectivity index (χ4n) is 2.84. The maximum absolute atomic E-state index is 12.4. The Morgan fingerprint density at radius 2 is 1.88 bits per heavy atom. The fourth-order valence-corrected chi connectivity index (χ4v) is 3.29. The lowest BCUT2D eigenvalue weighted by Crippen LogP contribution is -2.42. The van der Waals surface area contributed by atoms with Gasteiger partial charge in [0.1, 0.15) is 18.5 Å². The van der Waals surface area contributed by atoms with Gasteiger partial charge in [0.25, 0.3) is 0 Å². The Morgan fingerprint density at radius 1 is 1.16 bits per heavy atom. The van der Waals surface area contributed by atoms with Gasteiger partial charge in [0.05, 0.1) is 0 Å². The Morgan fingerprint density at radius 3 is 2.56 bits per heavy atom. The molecule has 2 aliphatic heterocycles. The maximum atomic E-state index is 12.4. The summed E-state index contributed by atoms with van der Waals surface area (Å²) in [6.45, 7) is 2.91. The second-order valence-corrected chi connectivity index (χ2v) is 7.54. The number of alkyl halides is 3. The summed E-state index contributed by atoms with van der Waals surface area (Å²) in [5, 5.41) is 0. The van der Waals surface area contributed by atoms with Crippen molar-refractivity contribution in [3.8, 4) is 17.2 Å². The van der Waals surface area contributed by atoms with Crippen LogP contribution >= 0.6 is 0 Å². The van der Waals surface area contributed by atoms with Crippen molar-refractivity contribution in [2.45, 2.75) is 30.9 Å². The first-order valence-corrected chi connectivity index (χ1v) is 9.32. The maximum Gasteiger partial charge on any atom is 0.534 e. The van der Waals surface area contributed by atoms with Gasteiger partial charge in [0, 0.05) is 12.6 Å². The Balaban J connectivity index is 1.69. The monoisotopic (exact) mass is 381 g/mol. The number of hydrogen-bond donors (Lipinski definition) is 0. The second-order valence-electron chi connectivity index (χ2n) is 6.00. The third kappa shape index (κ3) is 4.30. The highest BCUT2D eigenvalue weighted by Gasteiger charge is 2.48. The van der Waals surface area contributed by atoms with Crippen LogP contribution in [0.2, 0.25) is 0 Å². The van der Waals surface area contributed by atoms with E-state index in [1.165, 1.54) is 12.5 Å². The van der Waals surface area contributed by atoms with Gasteiger partial charge >= 0.3 is 15.6 Å². The highest BCUT2D eigenvalue weighted by molar-refractivity contribution is 7.88. The number of hydrogen-bond acceptors (Lipinski definition) is 6. The van der Waals surface area contributed by atoms with Crippen molar-refractivity contribution < 1.29 is 35.2 Å². The third-order valence-corrected chi connectivity index (χ3v) is 5.01. The van der Waals surface area contributed by atoms with Crippen molar-refractivity contribution >= 4 is 10.1 Å². The molecule has 6 nitrogen and oxygen atoms in total. The molecular formula is C15H18F3NO5S. The van der Waals surface area contributed by atoms with E-state index < -0.39 is 21.4 Å². The van der Waals surface area contributed by atoms with E-state index >= 15 is 0 Å². The summed E-state index contributed by atoms with van der Waals surface area (Å²) in [5.74, 6) is 0.0353. The second kappa shape index (κ2) is 6.91. The van der Waals surface area contributed by atoms with Crippen molar-refractivity contribution in [3.63, 3.8) is 0 Å². The zero-order valence-electron chi connectivity index (χ0n) is 13.3. The van der Waals surface area contributed by atoms with Gasteiger partial charge in [-0.15, -0.1) is 0 Å². The van der Waals surface area contributed by atoms with Gasteiger partial charge in [0.2, 0.25) is 0 Å². The molecule has 0 aromatic heterocycles. The number of benzene rings is 1. The number of rotatable bonds is 4. The van der Waals surface area contributed by atoms with Crippen molar-refractivity contribution in [2.24, 2.45) is 0 Å². The highest BCUT2D eigenvalue weighted by atomic mass is 32.2. The summed E-state index contributed by atoms with van der Waals surface area (Å²) < 4.78 is 74.8. The van der Waals surface area contributed by atoms with E-state index in [-0.39, 0.29) is 11.9 Å². The van der Waals surface area contributed by atoms with Crippen molar-refractivity contribution in [1.82, 2.24) is 4.90 Å². The van der Waals surface area contributed by atoms with E-state index in [2.05, 4.69) is 9.08 Å². The number of piperidine rings is 1. The molecule has 1 atom stereocenters. The summed E-state index contributed by atoms with van der Waals surface area (Å²) in [5.41, 5.74) is -5.49. The van der Waals surface area contributed by atoms with Crippen LogP contribution in [0.1, 0.15) is 19.3 Å². The van der Waals surface area contributed by atoms with Crippen LogP contribution in [-0.2, 0) is 10.1 Å². The van der Waals surface area contributed by atoms with Crippen LogP contribution in [0, 0.1) is 0 Å². The van der Waals surface area contributed by atoms with Crippen LogP contribution in [0.5, 0.6) is 17.2 Å². The van der Waals surface area contributed by atoms with Crippen molar-refractivity contribution in [1.29, 1.82) is 0 Å². The average Bonchev–Trinajstić information content (AvgIpc) is 2.54. The SMILES string of the molecule is O=S(=O)(Oc1ccc2c(c1)OC(CN1CCCCC1)CO2)C(F)(F)F. The van der Waals surface area contributed by atoms with Gasteiger partial charge < -0.3 is 13.7 Å². The Hall–Kier alpha value is -1.68. The van der Waals surface area contributed by atoms with Gasteiger partial charge in [-0.25, -0.2) is 0 Å². The zero-order chi connectivity index (χ0) is 18.1. The molecule has 1 aromatic rings. The predicted octanol–water partition coefficient (Wildman–Crippen LogP) is 2.54. The first-order chi connectivity index (χ1) is 11.7. The Bertz CT molecular complexity index is 716. The van der Waals surface area contributed by atoms with Gasteiger partial charge in [-0.1, -0.05) is 6.42 Å². The quantitative estimate of drug-likeness (QED) is 0.590. The van der Waals surface area contributed by atoms with Gasteiger partial charge in [0.15, 0.2) is 11.5 Å². The smallest absolute Gasteiger partial charge is 0.486 e. The third-order valence-electron chi connectivity index (χ3n) is 4.03. The number of ether oxygens (including phenoxy) is 2. The topological polar surface area (TPSA) is 65.1 Å². The summed E-state index contributed by atoms with van der Waals surface area (Å²) in [4.78, 5) is 2.25. The lowest BCUT2D eigenvalue weighted by Gasteiger charge is -2.33. The molecule has 3 rings (SSSR count). The largest absolute Gasteiger partial charge is 0.534 e. The fraction of sp³-hybridized carbons (Fsp3) is 0.600. The van der Waals surface area contributed by atoms with Crippen LogP contribution in [0.15, 0.2) is 18.2 Å². The summed E-state index contributed by atoms with van der Waals surface area (Å²) >= 11 is 0. The molecule has 0 radical (unpaired) electrons. The molecule has 0 saturated carbocycles. The molecule has 0 bridgehead atoms. The molecule has 0 spiro atoms. The van der Waals surface area contributed by atoms with E-state index in [0.29, 0.717) is 18.9 Å². The molecule has 0 aliphatic carbocycles. The van der Waals surface area contributed by atoms with Crippen LogP contribution in [0.4, 0.5) is 13.2 Å². The zero-order valence-corrected chi connectivity index (χ0v) is 14.1. The standard InChI is InChI=1S/C15H18F3NO5S/c16-15(17,18)25(20,21)24-11-4-5-13-14(8-11)23-12(10-22-13)9-19-6-2-1-3-7-19/h4-5,8,12H,1-3,6-7,9-10H2. The van der Waals surface area contributed by atoms with Gasteiger partial charge in [-0.3, -0.25) is 4.90 Å². The molecule has 1 saturated heterocycles. The molecule has 2 aliphatic rings. The summed E-state index contributed by atoms with van der Waals surface area (Å²) in [7, 11) is -5.72. The average molecular weight is 381 g/mol. The van der Waals surface area contributed by atoms with Crippen LogP contribution in [0.3, 0.4) is 0 Å². The predicted molar refractivity (Wildman–Crippen MR) is 82.2 cm³/mol. The van der Waals surface area contributed by atoms with Gasteiger partial charge in [-0.05, 0) is 38.1 Å². The Kier molecular flexibility index (Phi) is 5.01. The minimum Gasteiger partial charge on any atom is -0.486 e. The number of likely N-dealkylation sites (tertiary alicyclic amines) is 1. The molecule has 1 unspecified atom stereocenters. The van der Waals surface area contributed by atoms with Crippen LogP contribution in [-0.4, -0.2) is 51.2 Å². The lowest BCUT2D eigenvalue weighted by molar-refractivity contribution is -0.0500. The van der Waals surface area contributed by atoms with E-state index in [9.17, 15) is 21.6 Å².